The zero-order valence-electron chi connectivity index (χ0n) is 11.7. The van der Waals surface area contributed by atoms with Crippen LogP contribution in [0.1, 0.15) is 30.4 Å². The van der Waals surface area contributed by atoms with Gasteiger partial charge in [-0.1, -0.05) is 6.42 Å². The molecule has 1 N–H and O–H groups in total. The lowest BCUT2D eigenvalue weighted by Crippen LogP contribution is -2.35. The van der Waals surface area contributed by atoms with E-state index in [0.717, 1.165) is 18.5 Å². The molecule has 0 aromatic heterocycles. The highest BCUT2D eigenvalue weighted by Gasteiger charge is 2.17. The minimum Gasteiger partial charge on any atom is -0.493 e. The largest absolute Gasteiger partial charge is 0.493 e. The number of piperidine rings is 1. The Morgan fingerprint density at radius 2 is 2.11 bits per heavy atom. The van der Waals surface area contributed by atoms with Crippen molar-refractivity contribution in [1.82, 2.24) is 5.32 Å². The van der Waals surface area contributed by atoms with Gasteiger partial charge in [-0.05, 0) is 43.5 Å². The van der Waals surface area contributed by atoms with Crippen LogP contribution >= 0.6 is 0 Å². The van der Waals surface area contributed by atoms with Crippen molar-refractivity contribution in [1.29, 1.82) is 0 Å². The SMILES string of the molecule is COc1cc(CC2CCCCN2)cc(CF)c1OC. The second-order valence-electron chi connectivity index (χ2n) is 4.98. The molecule has 1 heterocycles. The Bertz CT molecular complexity index is 392. The van der Waals surface area contributed by atoms with E-state index < -0.39 is 6.67 Å². The Balaban J connectivity index is 2.20. The van der Waals surface area contributed by atoms with Crippen LogP contribution in [0.5, 0.6) is 11.5 Å². The Morgan fingerprint density at radius 1 is 1.26 bits per heavy atom. The van der Waals surface area contributed by atoms with E-state index in [4.69, 9.17) is 9.47 Å². The summed E-state index contributed by atoms with van der Waals surface area (Å²) in [6.07, 6.45) is 4.60. The summed E-state index contributed by atoms with van der Waals surface area (Å²) >= 11 is 0. The molecule has 1 fully saturated rings. The minimum atomic E-state index is -0.536. The van der Waals surface area contributed by atoms with Crippen LogP contribution in [0.2, 0.25) is 0 Å². The second-order valence-corrected chi connectivity index (χ2v) is 4.98. The summed E-state index contributed by atoms with van der Waals surface area (Å²) in [5.74, 6) is 1.12. The Labute approximate surface area is 114 Å². The molecule has 1 aliphatic heterocycles. The van der Waals surface area contributed by atoms with Gasteiger partial charge in [0.1, 0.15) is 6.67 Å². The molecule has 1 unspecified atom stereocenters. The number of alkyl halides is 1. The first-order valence-corrected chi connectivity index (χ1v) is 6.81. The Morgan fingerprint density at radius 3 is 2.68 bits per heavy atom. The molecule has 2 rings (SSSR count). The van der Waals surface area contributed by atoms with Gasteiger partial charge in [0.25, 0.3) is 0 Å². The van der Waals surface area contributed by atoms with E-state index >= 15 is 0 Å². The van der Waals surface area contributed by atoms with Crippen molar-refractivity contribution < 1.29 is 13.9 Å². The molecule has 106 valence electrons. The van der Waals surface area contributed by atoms with Crippen molar-refractivity contribution in [3.05, 3.63) is 23.3 Å². The molecule has 1 aromatic rings. The first-order chi connectivity index (χ1) is 9.28. The summed E-state index contributed by atoms with van der Waals surface area (Å²) in [6.45, 7) is 0.541. The highest BCUT2D eigenvalue weighted by atomic mass is 19.1. The molecule has 1 aromatic carbocycles. The van der Waals surface area contributed by atoms with Crippen molar-refractivity contribution >= 4 is 0 Å². The van der Waals surface area contributed by atoms with Crippen LogP contribution in [-0.4, -0.2) is 26.8 Å². The molecule has 0 radical (unpaired) electrons. The van der Waals surface area contributed by atoms with Gasteiger partial charge in [-0.2, -0.15) is 0 Å². The number of ether oxygens (including phenoxy) is 2. The number of hydrogen-bond donors (Lipinski definition) is 1. The van der Waals surface area contributed by atoms with Crippen molar-refractivity contribution in [3.8, 4) is 11.5 Å². The van der Waals surface area contributed by atoms with E-state index in [0.29, 0.717) is 23.1 Å². The maximum atomic E-state index is 13.1. The third-order valence-electron chi connectivity index (χ3n) is 3.65. The van der Waals surface area contributed by atoms with Crippen LogP contribution < -0.4 is 14.8 Å². The van der Waals surface area contributed by atoms with E-state index in [1.54, 1.807) is 14.2 Å². The summed E-state index contributed by atoms with van der Waals surface area (Å²) in [4.78, 5) is 0. The normalized spacial score (nSPS) is 19.2. The van der Waals surface area contributed by atoms with Crippen LogP contribution in [0.25, 0.3) is 0 Å². The van der Waals surface area contributed by atoms with Gasteiger partial charge < -0.3 is 14.8 Å². The smallest absolute Gasteiger partial charge is 0.166 e. The molecule has 0 saturated carbocycles. The average Bonchev–Trinajstić information content (AvgIpc) is 2.47. The van der Waals surface area contributed by atoms with Crippen LogP contribution in [0.15, 0.2) is 12.1 Å². The van der Waals surface area contributed by atoms with Crippen molar-refractivity contribution in [3.63, 3.8) is 0 Å². The van der Waals surface area contributed by atoms with Gasteiger partial charge in [-0.25, -0.2) is 4.39 Å². The molecule has 19 heavy (non-hydrogen) atoms. The first-order valence-electron chi connectivity index (χ1n) is 6.81. The first kappa shape index (κ1) is 14.1. The summed E-state index contributed by atoms with van der Waals surface area (Å²) in [5.41, 5.74) is 1.66. The Hall–Kier alpha value is -1.29. The van der Waals surface area contributed by atoms with Gasteiger partial charge in [-0.15, -0.1) is 0 Å². The molecule has 1 aliphatic rings. The number of rotatable bonds is 5. The predicted molar refractivity (Wildman–Crippen MR) is 73.7 cm³/mol. The highest BCUT2D eigenvalue weighted by molar-refractivity contribution is 5.49. The summed E-state index contributed by atoms with van der Waals surface area (Å²) < 4.78 is 23.6. The summed E-state index contributed by atoms with van der Waals surface area (Å²) in [7, 11) is 3.13. The third-order valence-corrected chi connectivity index (χ3v) is 3.65. The topological polar surface area (TPSA) is 30.5 Å². The van der Waals surface area contributed by atoms with Crippen LogP contribution in [0.3, 0.4) is 0 Å². The molecular weight excluding hydrogens is 245 g/mol. The van der Waals surface area contributed by atoms with Gasteiger partial charge in [-0.3, -0.25) is 0 Å². The predicted octanol–water partition coefficient (Wildman–Crippen LogP) is 2.86. The quantitative estimate of drug-likeness (QED) is 0.890. The molecule has 0 aliphatic carbocycles. The van der Waals surface area contributed by atoms with Crippen molar-refractivity contribution in [2.45, 2.75) is 38.4 Å². The maximum absolute atomic E-state index is 13.1. The summed E-state index contributed by atoms with van der Waals surface area (Å²) in [6, 6.07) is 4.32. The Kier molecular flexibility index (Phi) is 5.02. The lowest BCUT2D eigenvalue weighted by atomic mass is 9.96. The number of nitrogens with one attached hydrogen (secondary N) is 1. The van der Waals surface area contributed by atoms with Gasteiger partial charge in [0.15, 0.2) is 11.5 Å². The number of benzene rings is 1. The standard InChI is InChI=1S/C15H22FNO2/c1-18-14-9-11(7-12(10-16)15(14)19-2)8-13-5-3-4-6-17-13/h7,9,13,17H,3-6,8,10H2,1-2H3. The maximum Gasteiger partial charge on any atom is 0.166 e. The molecule has 1 atom stereocenters. The average molecular weight is 267 g/mol. The zero-order valence-corrected chi connectivity index (χ0v) is 11.7. The fraction of sp³-hybridized carbons (Fsp3) is 0.600. The van der Waals surface area contributed by atoms with Crippen LogP contribution in [-0.2, 0) is 13.1 Å². The second kappa shape index (κ2) is 6.75. The minimum absolute atomic E-state index is 0.485. The van der Waals surface area contributed by atoms with E-state index in [1.807, 2.05) is 12.1 Å². The number of methoxy groups -OCH3 is 2. The molecule has 0 amide bonds. The molecule has 4 heteroatoms. The van der Waals surface area contributed by atoms with Crippen molar-refractivity contribution in [2.24, 2.45) is 0 Å². The fourth-order valence-corrected chi connectivity index (χ4v) is 2.71. The van der Waals surface area contributed by atoms with E-state index in [9.17, 15) is 4.39 Å². The zero-order chi connectivity index (χ0) is 13.7. The molecule has 0 spiro atoms. The van der Waals surface area contributed by atoms with Gasteiger partial charge in [0.05, 0.1) is 14.2 Å². The van der Waals surface area contributed by atoms with Gasteiger partial charge in [0, 0.05) is 11.6 Å². The monoisotopic (exact) mass is 267 g/mol. The van der Waals surface area contributed by atoms with Crippen LogP contribution in [0.4, 0.5) is 4.39 Å². The third kappa shape index (κ3) is 3.38. The lowest BCUT2D eigenvalue weighted by Gasteiger charge is -2.24. The van der Waals surface area contributed by atoms with E-state index in [2.05, 4.69) is 5.32 Å². The molecule has 0 bridgehead atoms. The fourth-order valence-electron chi connectivity index (χ4n) is 2.71. The van der Waals surface area contributed by atoms with Gasteiger partial charge in [0.2, 0.25) is 0 Å². The van der Waals surface area contributed by atoms with E-state index in [-0.39, 0.29) is 0 Å². The van der Waals surface area contributed by atoms with Gasteiger partial charge >= 0.3 is 0 Å². The molecule has 1 saturated heterocycles. The summed E-state index contributed by atoms with van der Waals surface area (Å²) in [5, 5.41) is 3.51. The van der Waals surface area contributed by atoms with Crippen LogP contribution in [0, 0.1) is 0 Å². The molecule has 3 nitrogen and oxygen atoms in total. The number of halogens is 1. The molecular formula is C15H22FNO2. The lowest BCUT2D eigenvalue weighted by molar-refractivity contribution is 0.343. The number of hydrogen-bond acceptors (Lipinski definition) is 3. The van der Waals surface area contributed by atoms with E-state index in [1.165, 1.54) is 19.3 Å². The highest BCUT2D eigenvalue weighted by Crippen LogP contribution is 2.33. The van der Waals surface area contributed by atoms with Crippen molar-refractivity contribution in [2.75, 3.05) is 20.8 Å².